The third-order valence-electron chi connectivity index (χ3n) is 2.47. The quantitative estimate of drug-likeness (QED) is 0.855. The van der Waals surface area contributed by atoms with E-state index in [1.54, 1.807) is 6.07 Å². The van der Waals surface area contributed by atoms with Crippen LogP contribution in [0.15, 0.2) is 24.3 Å². The number of carboxylic acid groups (broad SMARTS) is 2. The molecule has 0 unspecified atom stereocenters. The van der Waals surface area contributed by atoms with E-state index >= 15 is 0 Å². The molecule has 0 bridgehead atoms. The first kappa shape index (κ1) is 11.8. The number of carbonyl (C=O) groups is 2. The van der Waals surface area contributed by atoms with E-state index in [2.05, 4.69) is 4.98 Å². The lowest BCUT2D eigenvalue weighted by Crippen LogP contribution is -2.06. The number of hydrogen-bond donors (Lipinski definition) is 2. The summed E-state index contributed by atoms with van der Waals surface area (Å²) in [6.07, 6.45) is 0. The number of benzene rings is 1. The molecule has 1 aromatic heterocycles. The Labute approximate surface area is 101 Å². The Morgan fingerprint density at radius 1 is 1.17 bits per heavy atom. The number of ether oxygens (including phenoxy) is 1. The van der Waals surface area contributed by atoms with Crippen molar-refractivity contribution in [2.75, 3.05) is 7.11 Å². The number of pyridine rings is 1. The number of rotatable bonds is 3. The molecule has 2 rings (SSSR count). The van der Waals surface area contributed by atoms with Gasteiger partial charge in [0, 0.05) is 5.39 Å². The molecule has 0 aliphatic carbocycles. The van der Waals surface area contributed by atoms with Crippen molar-refractivity contribution in [3.05, 3.63) is 35.5 Å². The minimum Gasteiger partial charge on any atom is -0.497 e. The number of methoxy groups -OCH3 is 1. The van der Waals surface area contributed by atoms with E-state index in [0.29, 0.717) is 16.7 Å². The van der Waals surface area contributed by atoms with Gasteiger partial charge in [-0.3, -0.25) is 0 Å². The molecule has 0 amide bonds. The summed E-state index contributed by atoms with van der Waals surface area (Å²) < 4.78 is 5.00. The summed E-state index contributed by atoms with van der Waals surface area (Å²) in [4.78, 5) is 25.9. The van der Waals surface area contributed by atoms with E-state index in [1.807, 2.05) is 0 Å². The van der Waals surface area contributed by atoms with Crippen LogP contribution in [0.25, 0.3) is 10.9 Å². The van der Waals surface area contributed by atoms with Gasteiger partial charge in [0.2, 0.25) is 0 Å². The summed E-state index contributed by atoms with van der Waals surface area (Å²) in [5, 5.41) is 18.3. The maximum absolute atomic E-state index is 11.1. The lowest BCUT2D eigenvalue weighted by Gasteiger charge is -2.06. The highest BCUT2D eigenvalue weighted by Crippen LogP contribution is 2.23. The first-order chi connectivity index (χ1) is 8.52. The van der Waals surface area contributed by atoms with Crippen LogP contribution in [0.4, 0.5) is 0 Å². The van der Waals surface area contributed by atoms with Crippen molar-refractivity contribution in [1.82, 2.24) is 4.98 Å². The van der Waals surface area contributed by atoms with Crippen LogP contribution in [0.5, 0.6) is 5.75 Å². The fourth-order valence-corrected chi connectivity index (χ4v) is 1.62. The minimum atomic E-state index is -1.27. The van der Waals surface area contributed by atoms with Crippen LogP contribution in [-0.2, 0) is 0 Å². The van der Waals surface area contributed by atoms with E-state index in [0.717, 1.165) is 6.07 Å². The lowest BCUT2D eigenvalue weighted by molar-refractivity contribution is 0.0691. The number of carboxylic acids is 2. The van der Waals surface area contributed by atoms with Gasteiger partial charge in [0.15, 0.2) is 0 Å². The van der Waals surface area contributed by atoms with Crippen molar-refractivity contribution < 1.29 is 24.5 Å². The second kappa shape index (κ2) is 4.33. The Hall–Kier alpha value is -2.63. The number of aromatic nitrogens is 1. The Bertz CT molecular complexity index is 650. The second-order valence-electron chi connectivity index (χ2n) is 3.55. The summed E-state index contributed by atoms with van der Waals surface area (Å²) in [5.41, 5.74) is -0.116. The third-order valence-corrected chi connectivity index (χ3v) is 2.47. The van der Waals surface area contributed by atoms with Gasteiger partial charge in [0.1, 0.15) is 11.4 Å². The fraction of sp³-hybridized carbons (Fsp3) is 0.0833. The Kier molecular flexibility index (Phi) is 2.85. The molecule has 1 aromatic carbocycles. The number of nitrogens with zero attached hydrogens (tertiary/aromatic N) is 1. The molecule has 92 valence electrons. The van der Waals surface area contributed by atoms with Gasteiger partial charge in [-0.25, -0.2) is 14.6 Å². The van der Waals surface area contributed by atoms with Crippen molar-refractivity contribution in [2.24, 2.45) is 0 Å². The lowest BCUT2D eigenvalue weighted by atomic mass is 10.1. The van der Waals surface area contributed by atoms with Crippen LogP contribution in [0.2, 0.25) is 0 Å². The van der Waals surface area contributed by atoms with Gasteiger partial charge in [-0.05, 0) is 24.3 Å². The van der Waals surface area contributed by atoms with Crippen molar-refractivity contribution >= 4 is 22.8 Å². The highest BCUT2D eigenvalue weighted by Gasteiger charge is 2.15. The van der Waals surface area contributed by atoms with Gasteiger partial charge in [-0.15, -0.1) is 0 Å². The zero-order valence-corrected chi connectivity index (χ0v) is 9.38. The molecule has 0 aliphatic heterocycles. The SMILES string of the molecule is COc1ccc2nc(C(=O)O)cc(C(=O)O)c2c1. The summed E-state index contributed by atoms with van der Waals surface area (Å²) in [7, 11) is 1.46. The first-order valence-corrected chi connectivity index (χ1v) is 4.98. The zero-order chi connectivity index (χ0) is 13.3. The molecule has 2 aromatic rings. The van der Waals surface area contributed by atoms with Crippen molar-refractivity contribution in [2.45, 2.75) is 0 Å². The zero-order valence-electron chi connectivity index (χ0n) is 9.38. The van der Waals surface area contributed by atoms with Crippen LogP contribution >= 0.6 is 0 Å². The largest absolute Gasteiger partial charge is 0.497 e. The molecular formula is C12H9NO5. The van der Waals surface area contributed by atoms with Crippen LogP contribution < -0.4 is 4.74 Å². The van der Waals surface area contributed by atoms with Gasteiger partial charge in [-0.2, -0.15) is 0 Å². The van der Waals surface area contributed by atoms with Gasteiger partial charge in [0.25, 0.3) is 0 Å². The van der Waals surface area contributed by atoms with Gasteiger partial charge in [0.05, 0.1) is 18.2 Å². The summed E-state index contributed by atoms with van der Waals surface area (Å²) in [6, 6.07) is 5.66. The van der Waals surface area contributed by atoms with Crippen molar-refractivity contribution in [3.8, 4) is 5.75 Å². The molecule has 1 heterocycles. The van der Waals surface area contributed by atoms with Crippen LogP contribution in [0.1, 0.15) is 20.8 Å². The molecule has 0 atom stereocenters. The van der Waals surface area contributed by atoms with Crippen LogP contribution in [0.3, 0.4) is 0 Å². The van der Waals surface area contributed by atoms with Gasteiger partial charge >= 0.3 is 11.9 Å². The molecule has 18 heavy (non-hydrogen) atoms. The smallest absolute Gasteiger partial charge is 0.354 e. The Balaban J connectivity index is 2.81. The Morgan fingerprint density at radius 3 is 2.44 bits per heavy atom. The first-order valence-electron chi connectivity index (χ1n) is 4.98. The Morgan fingerprint density at radius 2 is 1.89 bits per heavy atom. The monoisotopic (exact) mass is 247 g/mol. The predicted octanol–water partition coefficient (Wildman–Crippen LogP) is 1.64. The number of aromatic carboxylic acids is 2. The molecular weight excluding hydrogens is 238 g/mol. The summed E-state index contributed by atoms with van der Waals surface area (Å²) >= 11 is 0. The molecule has 0 fully saturated rings. The highest BCUT2D eigenvalue weighted by molar-refractivity contribution is 6.05. The van der Waals surface area contributed by atoms with E-state index < -0.39 is 11.9 Å². The van der Waals surface area contributed by atoms with Crippen LogP contribution in [-0.4, -0.2) is 34.2 Å². The van der Waals surface area contributed by atoms with E-state index in [-0.39, 0.29) is 11.3 Å². The molecule has 6 nitrogen and oxygen atoms in total. The average molecular weight is 247 g/mol. The molecule has 0 radical (unpaired) electrons. The topological polar surface area (TPSA) is 96.7 Å². The number of hydrogen-bond acceptors (Lipinski definition) is 4. The maximum atomic E-state index is 11.1. The second-order valence-corrected chi connectivity index (χ2v) is 3.55. The van der Waals surface area contributed by atoms with Gasteiger partial charge in [-0.1, -0.05) is 0 Å². The fourth-order valence-electron chi connectivity index (χ4n) is 1.62. The molecule has 0 saturated heterocycles. The summed E-state index contributed by atoms with van der Waals surface area (Å²) in [5.74, 6) is -2.00. The van der Waals surface area contributed by atoms with E-state index in [1.165, 1.54) is 19.2 Å². The standard InChI is InChI=1S/C12H9NO5/c1-18-6-2-3-9-7(4-6)8(11(14)15)5-10(13-9)12(16)17/h2-5H,1H3,(H,14,15)(H,16,17). The minimum absolute atomic E-state index is 0.115. The normalized spacial score (nSPS) is 10.3. The third kappa shape index (κ3) is 1.95. The summed E-state index contributed by atoms with van der Waals surface area (Å²) in [6.45, 7) is 0. The van der Waals surface area contributed by atoms with Crippen LogP contribution in [0, 0.1) is 0 Å². The number of fused-ring (bicyclic) bond motifs is 1. The predicted molar refractivity (Wildman–Crippen MR) is 62.2 cm³/mol. The molecule has 0 spiro atoms. The van der Waals surface area contributed by atoms with Crippen molar-refractivity contribution in [1.29, 1.82) is 0 Å². The molecule has 0 aliphatic rings. The average Bonchev–Trinajstić information content (AvgIpc) is 2.36. The molecule has 2 N–H and O–H groups in total. The molecule has 0 saturated carbocycles. The van der Waals surface area contributed by atoms with E-state index in [9.17, 15) is 9.59 Å². The molecule has 6 heteroatoms. The van der Waals surface area contributed by atoms with E-state index in [4.69, 9.17) is 14.9 Å². The van der Waals surface area contributed by atoms with Gasteiger partial charge < -0.3 is 14.9 Å². The highest BCUT2D eigenvalue weighted by atomic mass is 16.5. The van der Waals surface area contributed by atoms with Crippen molar-refractivity contribution in [3.63, 3.8) is 0 Å². The maximum Gasteiger partial charge on any atom is 0.354 e.